The van der Waals surface area contributed by atoms with Crippen molar-refractivity contribution in [3.8, 4) is 11.5 Å². The van der Waals surface area contributed by atoms with Crippen molar-refractivity contribution in [1.29, 1.82) is 0 Å². The monoisotopic (exact) mass is 341 g/mol. The molecular weight excluding hydrogens is 314 g/mol. The summed E-state index contributed by atoms with van der Waals surface area (Å²) in [6.07, 6.45) is 0.0654. The van der Waals surface area contributed by atoms with Crippen LogP contribution in [-0.4, -0.2) is 19.1 Å². The van der Waals surface area contributed by atoms with Gasteiger partial charge in [-0.15, -0.1) is 0 Å². The van der Waals surface area contributed by atoms with Gasteiger partial charge in [0.1, 0.15) is 11.5 Å². The number of ether oxygens (including phenoxy) is 2. The first-order valence-electron chi connectivity index (χ1n) is 8.62. The Kier molecular flexibility index (Phi) is 6.45. The van der Waals surface area contributed by atoms with Crippen molar-refractivity contribution in [2.45, 2.75) is 46.3 Å². The number of hydrogen-bond acceptors (Lipinski definition) is 3. The van der Waals surface area contributed by atoms with E-state index in [4.69, 9.17) is 9.47 Å². The fraction of sp³-hybridized carbons (Fsp3) is 0.381. The summed E-state index contributed by atoms with van der Waals surface area (Å²) in [5, 5.41) is 3.03. The van der Waals surface area contributed by atoms with E-state index >= 15 is 0 Å². The number of carbonyl (C=O) groups is 1. The highest BCUT2D eigenvalue weighted by Gasteiger charge is 2.22. The van der Waals surface area contributed by atoms with Crippen molar-refractivity contribution in [2.75, 3.05) is 7.11 Å². The lowest BCUT2D eigenvalue weighted by molar-refractivity contribution is -0.128. The second kappa shape index (κ2) is 8.56. The number of amides is 1. The highest BCUT2D eigenvalue weighted by molar-refractivity contribution is 5.81. The zero-order chi connectivity index (χ0) is 18.4. The summed E-state index contributed by atoms with van der Waals surface area (Å²) in [5.74, 6) is 1.36. The molecular formula is C21H27NO3. The predicted molar refractivity (Wildman–Crippen MR) is 100 cm³/mol. The Hall–Kier alpha value is -2.49. The van der Waals surface area contributed by atoms with E-state index < -0.39 is 6.10 Å². The van der Waals surface area contributed by atoms with Crippen LogP contribution in [0.15, 0.2) is 42.5 Å². The van der Waals surface area contributed by atoms with Gasteiger partial charge in [0.2, 0.25) is 0 Å². The van der Waals surface area contributed by atoms with Crippen LogP contribution in [0.3, 0.4) is 0 Å². The third-order valence-corrected chi connectivity index (χ3v) is 4.10. The number of methoxy groups -OCH3 is 1. The molecule has 0 aliphatic rings. The minimum absolute atomic E-state index is 0.125. The normalized spacial score (nSPS) is 13.0. The van der Waals surface area contributed by atoms with Gasteiger partial charge in [0.05, 0.1) is 13.2 Å². The fourth-order valence-electron chi connectivity index (χ4n) is 2.90. The number of hydrogen-bond donors (Lipinski definition) is 1. The highest BCUT2D eigenvalue weighted by atomic mass is 16.5. The molecule has 0 bridgehead atoms. The number of carbonyl (C=O) groups excluding carboxylic acids is 1. The van der Waals surface area contributed by atoms with Gasteiger partial charge in [-0.25, -0.2) is 0 Å². The Bertz CT molecular complexity index is 707. The van der Waals surface area contributed by atoms with E-state index in [1.807, 2.05) is 64.1 Å². The first-order chi connectivity index (χ1) is 11.9. The summed E-state index contributed by atoms with van der Waals surface area (Å²) in [6.45, 7) is 7.93. The molecule has 0 saturated heterocycles. The Balaban J connectivity index is 2.09. The average Bonchev–Trinajstić information content (AvgIpc) is 2.58. The molecule has 1 amide bonds. The molecule has 2 atom stereocenters. The number of para-hydroxylation sites is 1. The van der Waals surface area contributed by atoms with E-state index in [-0.39, 0.29) is 11.9 Å². The molecule has 0 aromatic heterocycles. The molecule has 1 N–H and O–H groups in total. The molecule has 4 nitrogen and oxygen atoms in total. The van der Waals surface area contributed by atoms with Crippen LogP contribution < -0.4 is 14.8 Å². The molecule has 4 heteroatoms. The van der Waals surface area contributed by atoms with Crippen LogP contribution in [0.2, 0.25) is 0 Å². The molecule has 0 aliphatic heterocycles. The van der Waals surface area contributed by atoms with Crippen molar-refractivity contribution >= 4 is 5.91 Å². The van der Waals surface area contributed by atoms with E-state index in [2.05, 4.69) is 11.4 Å². The zero-order valence-corrected chi connectivity index (χ0v) is 15.6. The lowest BCUT2D eigenvalue weighted by Crippen LogP contribution is -2.39. The topological polar surface area (TPSA) is 47.6 Å². The molecule has 2 rings (SSSR count). The smallest absolute Gasteiger partial charge is 0.261 e. The van der Waals surface area contributed by atoms with Gasteiger partial charge < -0.3 is 14.8 Å². The summed E-state index contributed by atoms with van der Waals surface area (Å²) < 4.78 is 11.3. The lowest BCUT2D eigenvalue weighted by Gasteiger charge is -2.22. The molecule has 0 fully saturated rings. The standard InChI is InChI=1S/C21H27NO3/c1-6-19(25-17-12-14(2)11-15(3)13-17)21(23)22-16(4)18-9-7-8-10-20(18)24-5/h7-13,16,19H,6H2,1-5H3,(H,22,23)/t16-,19+/m0/s1. The van der Waals surface area contributed by atoms with Crippen LogP contribution in [0.5, 0.6) is 11.5 Å². The van der Waals surface area contributed by atoms with Crippen LogP contribution in [0, 0.1) is 13.8 Å². The van der Waals surface area contributed by atoms with Crippen molar-refractivity contribution < 1.29 is 14.3 Å². The van der Waals surface area contributed by atoms with Crippen LogP contribution in [0.25, 0.3) is 0 Å². The minimum Gasteiger partial charge on any atom is -0.496 e. The Morgan fingerprint density at radius 2 is 1.76 bits per heavy atom. The maximum absolute atomic E-state index is 12.7. The first-order valence-corrected chi connectivity index (χ1v) is 8.62. The zero-order valence-electron chi connectivity index (χ0n) is 15.6. The molecule has 134 valence electrons. The van der Waals surface area contributed by atoms with E-state index in [0.29, 0.717) is 6.42 Å². The minimum atomic E-state index is -0.529. The molecule has 2 aromatic carbocycles. The highest BCUT2D eigenvalue weighted by Crippen LogP contribution is 2.25. The molecule has 0 heterocycles. The average molecular weight is 341 g/mol. The van der Waals surface area contributed by atoms with Crippen LogP contribution in [0.4, 0.5) is 0 Å². The second-order valence-electron chi connectivity index (χ2n) is 6.31. The SMILES string of the molecule is CC[C@@H](Oc1cc(C)cc(C)c1)C(=O)N[C@@H](C)c1ccccc1OC. The van der Waals surface area contributed by atoms with Crippen LogP contribution >= 0.6 is 0 Å². The third kappa shape index (κ3) is 4.99. The van der Waals surface area contributed by atoms with E-state index in [0.717, 1.165) is 28.2 Å². The van der Waals surface area contributed by atoms with Crippen molar-refractivity contribution in [3.05, 3.63) is 59.2 Å². The third-order valence-electron chi connectivity index (χ3n) is 4.10. The Morgan fingerprint density at radius 1 is 1.12 bits per heavy atom. The predicted octanol–water partition coefficient (Wildman–Crippen LogP) is 4.35. The van der Waals surface area contributed by atoms with Gasteiger partial charge in [-0.3, -0.25) is 4.79 Å². The maximum Gasteiger partial charge on any atom is 0.261 e. The number of nitrogens with one attached hydrogen (secondary N) is 1. The first kappa shape index (κ1) is 18.8. The Morgan fingerprint density at radius 3 is 2.36 bits per heavy atom. The Labute approximate surface area is 150 Å². The van der Waals surface area contributed by atoms with Gasteiger partial charge in [0.25, 0.3) is 5.91 Å². The quantitative estimate of drug-likeness (QED) is 0.814. The van der Waals surface area contributed by atoms with Gasteiger partial charge in [0, 0.05) is 5.56 Å². The second-order valence-corrected chi connectivity index (χ2v) is 6.31. The van der Waals surface area contributed by atoms with Gasteiger partial charge in [-0.2, -0.15) is 0 Å². The van der Waals surface area contributed by atoms with E-state index in [1.165, 1.54) is 0 Å². The molecule has 0 spiro atoms. The molecule has 2 aromatic rings. The largest absolute Gasteiger partial charge is 0.496 e. The summed E-state index contributed by atoms with van der Waals surface area (Å²) >= 11 is 0. The van der Waals surface area contributed by atoms with Crippen molar-refractivity contribution in [3.63, 3.8) is 0 Å². The fourth-order valence-corrected chi connectivity index (χ4v) is 2.90. The van der Waals surface area contributed by atoms with Crippen LogP contribution in [0.1, 0.15) is 43.0 Å². The number of aryl methyl sites for hydroxylation is 2. The van der Waals surface area contributed by atoms with Gasteiger partial charge >= 0.3 is 0 Å². The summed E-state index contributed by atoms with van der Waals surface area (Å²) in [6, 6.07) is 13.5. The number of rotatable bonds is 7. The van der Waals surface area contributed by atoms with Crippen molar-refractivity contribution in [1.82, 2.24) is 5.32 Å². The molecule has 0 saturated carbocycles. The summed E-state index contributed by atoms with van der Waals surface area (Å²) in [7, 11) is 1.63. The van der Waals surface area contributed by atoms with Gasteiger partial charge in [-0.05, 0) is 56.5 Å². The summed E-state index contributed by atoms with van der Waals surface area (Å²) in [5.41, 5.74) is 3.18. The van der Waals surface area contributed by atoms with Gasteiger partial charge in [-0.1, -0.05) is 31.2 Å². The molecule has 0 aliphatic carbocycles. The lowest BCUT2D eigenvalue weighted by atomic mass is 10.1. The van der Waals surface area contributed by atoms with Gasteiger partial charge in [0.15, 0.2) is 6.10 Å². The number of benzene rings is 2. The molecule has 0 radical (unpaired) electrons. The molecule has 0 unspecified atom stereocenters. The molecule has 25 heavy (non-hydrogen) atoms. The van der Waals surface area contributed by atoms with E-state index in [9.17, 15) is 4.79 Å². The van der Waals surface area contributed by atoms with Crippen molar-refractivity contribution in [2.24, 2.45) is 0 Å². The van der Waals surface area contributed by atoms with Crippen LogP contribution in [-0.2, 0) is 4.79 Å². The van der Waals surface area contributed by atoms with E-state index in [1.54, 1.807) is 7.11 Å². The summed E-state index contributed by atoms with van der Waals surface area (Å²) in [4.78, 5) is 12.7. The maximum atomic E-state index is 12.7.